The lowest BCUT2D eigenvalue weighted by atomic mass is 10.1. The minimum absolute atomic E-state index is 0.617. The van der Waals surface area contributed by atoms with Gasteiger partial charge in [-0.3, -0.25) is 4.90 Å². The molecule has 0 radical (unpaired) electrons. The van der Waals surface area contributed by atoms with E-state index in [2.05, 4.69) is 0 Å². The second-order valence-corrected chi connectivity index (χ2v) is 3.56. The van der Waals surface area contributed by atoms with Crippen molar-refractivity contribution in [2.24, 2.45) is 0 Å². The van der Waals surface area contributed by atoms with Gasteiger partial charge >= 0.3 is 0 Å². The Morgan fingerprint density at radius 3 is 2.20 bits per heavy atom. The van der Waals surface area contributed by atoms with Gasteiger partial charge in [-0.25, -0.2) is 0 Å². The van der Waals surface area contributed by atoms with E-state index in [4.69, 9.17) is 10.5 Å². The van der Waals surface area contributed by atoms with Crippen LogP contribution in [-0.4, -0.2) is 18.0 Å². The van der Waals surface area contributed by atoms with Crippen molar-refractivity contribution >= 4 is 0 Å². The molecule has 0 aromatic heterocycles. The van der Waals surface area contributed by atoms with Crippen molar-refractivity contribution < 1.29 is 0 Å². The van der Waals surface area contributed by atoms with Crippen LogP contribution in [0, 0.1) is 29.6 Å². The first kappa shape index (κ1) is 11.2. The van der Waals surface area contributed by atoms with Gasteiger partial charge in [-0.2, -0.15) is 10.5 Å². The van der Waals surface area contributed by atoms with Crippen LogP contribution in [-0.2, 0) is 6.54 Å². The highest BCUT2D eigenvalue weighted by atomic mass is 15.1. The van der Waals surface area contributed by atoms with Crippen LogP contribution in [0.3, 0.4) is 0 Å². The Balaban J connectivity index is 2.67. The molecule has 0 atom stereocenters. The predicted octanol–water partition coefficient (Wildman–Crippen LogP) is 1.84. The monoisotopic (exact) mass is 199 g/mol. The molecule has 0 fully saturated rings. The van der Waals surface area contributed by atoms with Gasteiger partial charge in [0.1, 0.15) is 0 Å². The molecule has 76 valence electrons. The molecule has 0 saturated carbocycles. The first-order chi connectivity index (χ1) is 7.17. The van der Waals surface area contributed by atoms with Gasteiger partial charge in [0.05, 0.1) is 12.1 Å². The average Bonchev–Trinajstić information content (AvgIpc) is 2.23. The molecule has 1 aromatic carbocycles. The summed E-state index contributed by atoms with van der Waals surface area (Å²) in [6, 6.07) is 11.3. The van der Waals surface area contributed by atoms with Crippen molar-refractivity contribution in [2.45, 2.75) is 19.5 Å². The van der Waals surface area contributed by atoms with Crippen LogP contribution in [0.1, 0.15) is 11.1 Å². The number of nitriles is 2. The molecule has 0 saturated heterocycles. The Morgan fingerprint density at radius 2 is 1.73 bits per heavy atom. The molecule has 0 aliphatic rings. The topological polar surface area (TPSA) is 50.8 Å². The molecule has 1 rings (SSSR count). The van der Waals surface area contributed by atoms with Gasteiger partial charge in [-0.15, -0.1) is 0 Å². The zero-order valence-electron chi connectivity index (χ0n) is 8.94. The van der Waals surface area contributed by atoms with E-state index in [1.54, 1.807) is 11.9 Å². The summed E-state index contributed by atoms with van der Waals surface area (Å²) < 4.78 is 0. The normalized spacial score (nSPS) is 10.0. The number of rotatable bonds is 3. The average molecular weight is 199 g/mol. The van der Waals surface area contributed by atoms with Crippen molar-refractivity contribution in [1.29, 1.82) is 10.5 Å². The fourth-order valence-electron chi connectivity index (χ4n) is 1.30. The molecule has 0 aliphatic carbocycles. The first-order valence-corrected chi connectivity index (χ1v) is 4.72. The predicted molar refractivity (Wildman–Crippen MR) is 57.7 cm³/mol. The van der Waals surface area contributed by atoms with Gasteiger partial charge in [0, 0.05) is 6.54 Å². The van der Waals surface area contributed by atoms with Gasteiger partial charge in [0.2, 0.25) is 0 Å². The van der Waals surface area contributed by atoms with Gasteiger partial charge in [-0.05, 0) is 19.5 Å². The number of hydrogen-bond donors (Lipinski definition) is 0. The Morgan fingerprint density at radius 1 is 1.20 bits per heavy atom. The molecular weight excluding hydrogens is 186 g/mol. The number of nitrogens with zero attached hydrogens (tertiary/aromatic N) is 3. The summed E-state index contributed by atoms with van der Waals surface area (Å²) in [5.41, 5.74) is 2.32. The summed E-state index contributed by atoms with van der Waals surface area (Å²) in [5.74, 6) is 0. The molecule has 0 bridgehead atoms. The first-order valence-electron chi connectivity index (χ1n) is 4.72. The molecule has 0 N–H and O–H groups in total. The molecular formula is C12H13N3. The van der Waals surface area contributed by atoms with Gasteiger partial charge < -0.3 is 0 Å². The Hall–Kier alpha value is -1.84. The summed E-state index contributed by atoms with van der Waals surface area (Å²) in [7, 11) is 1.77. The lowest BCUT2D eigenvalue weighted by Gasteiger charge is -2.16. The number of hydrogen-bond acceptors (Lipinski definition) is 3. The van der Waals surface area contributed by atoms with E-state index in [-0.39, 0.29) is 0 Å². The van der Waals surface area contributed by atoms with Crippen molar-refractivity contribution in [1.82, 2.24) is 4.90 Å². The summed E-state index contributed by atoms with van der Waals surface area (Å²) in [4.78, 5) is 1.73. The van der Waals surface area contributed by atoms with E-state index in [0.29, 0.717) is 6.54 Å². The standard InChI is InChI=1S/C12H13N3/c1-10-3-5-11(6-4-10)9-15(2)12(7-13)8-14/h3-6,12H,9H2,1-2H3. The van der Waals surface area contributed by atoms with Crippen LogP contribution < -0.4 is 0 Å². The van der Waals surface area contributed by atoms with Crippen molar-refractivity contribution in [2.75, 3.05) is 7.05 Å². The van der Waals surface area contributed by atoms with Crippen molar-refractivity contribution in [3.8, 4) is 12.1 Å². The zero-order chi connectivity index (χ0) is 11.3. The molecule has 3 nitrogen and oxygen atoms in total. The molecule has 1 aromatic rings. The minimum Gasteiger partial charge on any atom is -0.275 e. The van der Waals surface area contributed by atoms with Crippen molar-refractivity contribution in [3.05, 3.63) is 35.4 Å². The smallest absolute Gasteiger partial charge is 0.186 e. The maximum absolute atomic E-state index is 8.70. The lowest BCUT2D eigenvalue weighted by Crippen LogP contribution is -2.28. The van der Waals surface area contributed by atoms with Crippen molar-refractivity contribution in [3.63, 3.8) is 0 Å². The van der Waals surface area contributed by atoms with Crippen LogP contribution in [0.4, 0.5) is 0 Å². The minimum atomic E-state index is -0.675. The van der Waals surface area contributed by atoms with Crippen LogP contribution in [0.5, 0.6) is 0 Å². The van der Waals surface area contributed by atoms with E-state index >= 15 is 0 Å². The maximum atomic E-state index is 8.70. The van der Waals surface area contributed by atoms with E-state index < -0.39 is 6.04 Å². The van der Waals surface area contributed by atoms with E-state index in [0.717, 1.165) is 5.56 Å². The van der Waals surface area contributed by atoms with Gasteiger partial charge in [0.15, 0.2) is 6.04 Å². The summed E-state index contributed by atoms with van der Waals surface area (Å²) in [6.07, 6.45) is 0. The van der Waals surface area contributed by atoms with E-state index in [9.17, 15) is 0 Å². The quantitative estimate of drug-likeness (QED) is 0.746. The molecule has 0 aliphatic heterocycles. The maximum Gasteiger partial charge on any atom is 0.186 e. The Kier molecular flexibility index (Phi) is 3.85. The SMILES string of the molecule is Cc1ccc(CN(C)C(C#N)C#N)cc1. The molecule has 3 heteroatoms. The van der Waals surface area contributed by atoms with E-state index in [1.807, 2.05) is 43.3 Å². The lowest BCUT2D eigenvalue weighted by molar-refractivity contribution is 0.321. The molecule has 0 spiro atoms. The summed E-state index contributed by atoms with van der Waals surface area (Å²) in [6.45, 7) is 2.65. The third-order valence-corrected chi connectivity index (χ3v) is 2.24. The second kappa shape index (κ2) is 5.14. The largest absolute Gasteiger partial charge is 0.275 e. The van der Waals surface area contributed by atoms with Gasteiger partial charge in [-0.1, -0.05) is 29.8 Å². The number of aryl methyl sites for hydroxylation is 1. The highest BCUT2D eigenvalue weighted by Gasteiger charge is 2.12. The number of benzene rings is 1. The zero-order valence-corrected chi connectivity index (χ0v) is 8.94. The summed E-state index contributed by atoms with van der Waals surface area (Å²) >= 11 is 0. The van der Waals surface area contributed by atoms with Crippen LogP contribution in [0.15, 0.2) is 24.3 Å². The van der Waals surface area contributed by atoms with Crippen LogP contribution >= 0.6 is 0 Å². The third kappa shape index (κ3) is 3.09. The molecule has 15 heavy (non-hydrogen) atoms. The fraction of sp³-hybridized carbons (Fsp3) is 0.333. The fourth-order valence-corrected chi connectivity index (χ4v) is 1.30. The molecule has 0 unspecified atom stereocenters. The van der Waals surface area contributed by atoms with Gasteiger partial charge in [0.25, 0.3) is 0 Å². The van der Waals surface area contributed by atoms with Crippen LogP contribution in [0.2, 0.25) is 0 Å². The highest BCUT2D eigenvalue weighted by Crippen LogP contribution is 2.07. The third-order valence-electron chi connectivity index (χ3n) is 2.24. The van der Waals surface area contributed by atoms with Crippen LogP contribution in [0.25, 0.3) is 0 Å². The summed E-state index contributed by atoms with van der Waals surface area (Å²) in [5, 5.41) is 17.4. The highest BCUT2D eigenvalue weighted by molar-refractivity contribution is 5.21. The molecule has 0 amide bonds. The second-order valence-electron chi connectivity index (χ2n) is 3.56. The Labute approximate surface area is 90.2 Å². The van der Waals surface area contributed by atoms with E-state index in [1.165, 1.54) is 5.56 Å². The molecule has 0 heterocycles. The Bertz CT molecular complexity index is 380.